The minimum Gasteiger partial charge on any atom is -0.464 e. The normalized spacial score (nSPS) is 19.4. The van der Waals surface area contributed by atoms with Crippen LogP contribution in [-0.2, 0) is 24.3 Å². The number of esters is 1. The fraction of sp³-hybridized carbons (Fsp3) is 0.286. The van der Waals surface area contributed by atoms with Crippen LogP contribution in [0.4, 0.5) is 5.69 Å². The number of para-hydroxylation sites is 1. The highest BCUT2D eigenvalue weighted by molar-refractivity contribution is 7.90. The maximum atomic E-state index is 12.4. The molecule has 9 heteroatoms. The van der Waals surface area contributed by atoms with Crippen LogP contribution >= 0.6 is 0 Å². The first kappa shape index (κ1) is 20.1. The molecular formula is C21H21N3O5S. The number of nitrogens with zero attached hydrogens (tertiary/aromatic N) is 3. The first-order chi connectivity index (χ1) is 14.4. The molecule has 0 spiro atoms. The van der Waals surface area contributed by atoms with Crippen molar-refractivity contribution in [2.24, 2.45) is 10.3 Å². The van der Waals surface area contributed by atoms with Crippen molar-refractivity contribution in [2.45, 2.75) is 11.3 Å². The van der Waals surface area contributed by atoms with Crippen LogP contribution in [0.15, 0.2) is 63.9 Å². The lowest BCUT2D eigenvalue weighted by molar-refractivity contribution is -0.148. The molecule has 1 fully saturated rings. The number of rotatable bonds is 5. The third kappa shape index (κ3) is 3.80. The van der Waals surface area contributed by atoms with Gasteiger partial charge in [-0.2, -0.15) is 8.42 Å². The van der Waals surface area contributed by atoms with Crippen LogP contribution in [0.2, 0.25) is 0 Å². The highest BCUT2D eigenvalue weighted by Crippen LogP contribution is 2.27. The van der Waals surface area contributed by atoms with Gasteiger partial charge < -0.3 is 14.5 Å². The van der Waals surface area contributed by atoms with Crippen LogP contribution in [-0.4, -0.2) is 57.8 Å². The first-order valence-electron chi connectivity index (χ1n) is 9.54. The van der Waals surface area contributed by atoms with Crippen LogP contribution in [0.5, 0.6) is 0 Å². The molecule has 2 aromatic carbocycles. The van der Waals surface area contributed by atoms with Crippen LogP contribution in [0.1, 0.15) is 12.0 Å². The number of carbonyl (C=O) groups is 2. The zero-order valence-electron chi connectivity index (χ0n) is 16.4. The predicted molar refractivity (Wildman–Crippen MR) is 111 cm³/mol. The Hall–Kier alpha value is -3.20. The number of fused-ring (bicyclic) bond motifs is 1. The molecule has 0 bridgehead atoms. The van der Waals surface area contributed by atoms with Gasteiger partial charge in [0.2, 0.25) is 5.91 Å². The van der Waals surface area contributed by atoms with E-state index in [2.05, 4.69) is 4.40 Å². The van der Waals surface area contributed by atoms with Crippen LogP contribution in [0, 0.1) is 5.92 Å². The third-order valence-corrected chi connectivity index (χ3v) is 6.50. The van der Waals surface area contributed by atoms with Crippen LogP contribution < -0.4 is 4.90 Å². The summed E-state index contributed by atoms with van der Waals surface area (Å²) in [4.78, 5) is 28.1. The highest BCUT2D eigenvalue weighted by atomic mass is 32.2. The molecule has 2 aliphatic heterocycles. The van der Waals surface area contributed by atoms with E-state index < -0.39 is 21.9 Å². The lowest BCUT2D eigenvalue weighted by Gasteiger charge is -2.19. The second kappa shape index (κ2) is 7.91. The molecule has 0 saturated carbocycles. The number of hydrogen-bond acceptors (Lipinski definition) is 6. The number of carbonyl (C=O) groups excluding carboxylic acids is 2. The van der Waals surface area contributed by atoms with Crippen molar-refractivity contribution in [3.63, 3.8) is 0 Å². The smallest absolute Gasteiger partial charge is 0.311 e. The number of benzene rings is 2. The molecule has 156 valence electrons. The molecule has 8 nitrogen and oxygen atoms in total. The topological polar surface area (TPSA) is 96.3 Å². The van der Waals surface area contributed by atoms with E-state index in [0.717, 1.165) is 5.69 Å². The molecule has 0 aromatic heterocycles. The molecule has 1 saturated heterocycles. The highest BCUT2D eigenvalue weighted by Gasteiger charge is 2.36. The average molecular weight is 427 g/mol. The zero-order chi connectivity index (χ0) is 21.3. The van der Waals surface area contributed by atoms with Crippen molar-refractivity contribution < 1.29 is 22.7 Å². The first-order valence-corrected chi connectivity index (χ1v) is 11.0. The summed E-state index contributed by atoms with van der Waals surface area (Å²) in [5.74, 6) is -0.736. The molecule has 2 heterocycles. The Kier molecular flexibility index (Phi) is 5.29. The minimum absolute atomic E-state index is 0.0621. The van der Waals surface area contributed by atoms with Gasteiger partial charge in [0.15, 0.2) is 5.84 Å². The molecular weight excluding hydrogens is 406 g/mol. The summed E-state index contributed by atoms with van der Waals surface area (Å²) in [6.45, 7) is 0.625. The van der Waals surface area contributed by atoms with Crippen molar-refractivity contribution in [3.05, 3.63) is 60.2 Å². The molecule has 0 aliphatic carbocycles. The van der Waals surface area contributed by atoms with Gasteiger partial charge in [-0.15, -0.1) is 4.40 Å². The number of likely N-dealkylation sites (N-methyl/N-ethyl adjacent to an activating group) is 1. The molecule has 2 aliphatic rings. The van der Waals surface area contributed by atoms with Gasteiger partial charge in [-0.3, -0.25) is 9.59 Å². The Balaban J connectivity index is 1.33. The van der Waals surface area contributed by atoms with Gasteiger partial charge >= 0.3 is 5.97 Å². The van der Waals surface area contributed by atoms with E-state index in [1.807, 2.05) is 30.3 Å². The molecule has 4 rings (SSSR count). The summed E-state index contributed by atoms with van der Waals surface area (Å²) in [6, 6.07) is 15.8. The molecule has 30 heavy (non-hydrogen) atoms. The maximum absolute atomic E-state index is 12.4. The van der Waals surface area contributed by atoms with Crippen molar-refractivity contribution in [3.8, 4) is 0 Å². The van der Waals surface area contributed by atoms with Gasteiger partial charge in [-0.05, 0) is 24.3 Å². The van der Waals surface area contributed by atoms with Gasteiger partial charge in [-0.25, -0.2) is 0 Å². The molecule has 0 unspecified atom stereocenters. The lowest BCUT2D eigenvalue weighted by atomic mass is 10.1. The Morgan fingerprint density at radius 1 is 1.17 bits per heavy atom. The summed E-state index contributed by atoms with van der Waals surface area (Å²) in [5.41, 5.74) is 1.29. The van der Waals surface area contributed by atoms with Gasteiger partial charge in [-0.1, -0.05) is 30.3 Å². The van der Waals surface area contributed by atoms with Crippen molar-refractivity contribution >= 4 is 33.4 Å². The Morgan fingerprint density at radius 2 is 1.87 bits per heavy atom. The summed E-state index contributed by atoms with van der Waals surface area (Å²) in [7, 11) is -2.00. The summed E-state index contributed by atoms with van der Waals surface area (Å²) < 4.78 is 33.5. The van der Waals surface area contributed by atoms with Gasteiger partial charge in [0, 0.05) is 31.3 Å². The number of amides is 1. The standard InChI is InChI=1S/C21H21N3O5S/c1-23(20-17-9-5-6-10-18(17)30(27,28)22-20)11-12-29-21(26)15-13-19(25)24(14-15)16-7-3-2-4-8-16/h2-10,15H,11-14H2,1H3/t15-/m0/s1. The van der Waals surface area contributed by atoms with E-state index in [9.17, 15) is 18.0 Å². The van der Waals surface area contributed by atoms with Gasteiger partial charge in [0.05, 0.1) is 12.5 Å². The monoisotopic (exact) mass is 427 g/mol. The number of amidine groups is 1. The van der Waals surface area contributed by atoms with Gasteiger partial charge in [0.1, 0.15) is 11.5 Å². The Bertz CT molecular complexity index is 1110. The van der Waals surface area contributed by atoms with E-state index in [1.165, 1.54) is 6.07 Å². The van der Waals surface area contributed by atoms with Crippen LogP contribution in [0.25, 0.3) is 0 Å². The number of ether oxygens (including phenoxy) is 1. The van der Waals surface area contributed by atoms with E-state index >= 15 is 0 Å². The molecule has 0 radical (unpaired) electrons. The fourth-order valence-corrected chi connectivity index (χ4v) is 4.85. The fourth-order valence-electron chi connectivity index (χ4n) is 3.59. The molecule has 1 amide bonds. The van der Waals surface area contributed by atoms with E-state index in [0.29, 0.717) is 11.4 Å². The average Bonchev–Trinajstić information content (AvgIpc) is 3.26. The summed E-state index contributed by atoms with van der Waals surface area (Å²) in [5, 5.41) is 0. The Labute approximate surface area is 174 Å². The SMILES string of the molecule is CN(CCOC(=O)[C@H]1CC(=O)N(c2ccccc2)C1)C1=NS(=O)(=O)c2ccccc21. The number of hydrogen-bond donors (Lipinski definition) is 0. The lowest BCUT2D eigenvalue weighted by Crippen LogP contribution is -2.32. The predicted octanol–water partition coefficient (Wildman–Crippen LogP) is 1.66. The summed E-state index contributed by atoms with van der Waals surface area (Å²) in [6.07, 6.45) is 0.113. The van der Waals surface area contributed by atoms with E-state index in [4.69, 9.17) is 4.74 Å². The number of anilines is 1. The van der Waals surface area contributed by atoms with Crippen molar-refractivity contribution in [1.29, 1.82) is 0 Å². The van der Waals surface area contributed by atoms with E-state index in [-0.39, 0.29) is 36.9 Å². The van der Waals surface area contributed by atoms with Crippen molar-refractivity contribution in [1.82, 2.24) is 4.90 Å². The second-order valence-electron chi connectivity index (χ2n) is 7.22. The second-order valence-corrected chi connectivity index (χ2v) is 8.79. The van der Waals surface area contributed by atoms with Crippen molar-refractivity contribution in [2.75, 3.05) is 31.6 Å². The molecule has 1 atom stereocenters. The number of sulfonamides is 1. The Morgan fingerprint density at radius 3 is 2.63 bits per heavy atom. The molecule has 0 N–H and O–H groups in total. The van der Waals surface area contributed by atoms with Gasteiger partial charge in [0.25, 0.3) is 10.0 Å². The molecule has 2 aromatic rings. The maximum Gasteiger partial charge on any atom is 0.311 e. The zero-order valence-corrected chi connectivity index (χ0v) is 17.2. The largest absolute Gasteiger partial charge is 0.464 e. The quantitative estimate of drug-likeness (QED) is 0.674. The van der Waals surface area contributed by atoms with Crippen LogP contribution in [0.3, 0.4) is 0 Å². The third-order valence-electron chi connectivity index (χ3n) is 5.17. The minimum atomic E-state index is -3.70. The summed E-state index contributed by atoms with van der Waals surface area (Å²) >= 11 is 0. The van der Waals surface area contributed by atoms with E-state index in [1.54, 1.807) is 35.0 Å².